The van der Waals surface area contributed by atoms with Crippen molar-refractivity contribution in [2.45, 2.75) is 25.5 Å². The van der Waals surface area contributed by atoms with E-state index in [1.165, 1.54) is 4.90 Å². The van der Waals surface area contributed by atoms with Crippen LogP contribution >= 0.6 is 11.6 Å². The van der Waals surface area contributed by atoms with Gasteiger partial charge >= 0.3 is 0 Å². The highest BCUT2D eigenvalue weighted by molar-refractivity contribution is 6.34. The van der Waals surface area contributed by atoms with E-state index in [0.717, 1.165) is 18.7 Å². The molecule has 0 radical (unpaired) electrons. The number of halogens is 1. The maximum atomic E-state index is 12.0. The fourth-order valence-corrected chi connectivity index (χ4v) is 2.35. The zero-order valence-corrected chi connectivity index (χ0v) is 12.2. The second kappa shape index (κ2) is 5.80. The van der Waals surface area contributed by atoms with Crippen LogP contribution in [0.15, 0.2) is 18.2 Å². The number of carbonyl (C=O) groups excluding carboxylic acids is 1. The number of benzene rings is 1. The average molecular weight is 283 g/mol. The smallest absolute Gasteiger partial charge is 0.254 e. The quantitative estimate of drug-likeness (QED) is 0.927. The first-order valence-corrected chi connectivity index (χ1v) is 6.76. The molecule has 2 rings (SSSR count). The first-order chi connectivity index (χ1) is 8.99. The number of anilines is 1. The highest BCUT2D eigenvalue weighted by atomic mass is 35.5. The summed E-state index contributed by atoms with van der Waals surface area (Å²) < 4.78 is 5.51. The van der Waals surface area contributed by atoms with Gasteiger partial charge in [-0.25, -0.2) is 0 Å². The van der Waals surface area contributed by atoms with Crippen molar-refractivity contribution in [1.82, 2.24) is 4.90 Å². The number of nitrogens with zero attached hydrogens (tertiary/aromatic N) is 1. The molecule has 19 heavy (non-hydrogen) atoms. The number of rotatable bonds is 3. The van der Waals surface area contributed by atoms with E-state index in [0.29, 0.717) is 10.6 Å². The van der Waals surface area contributed by atoms with Crippen LogP contribution in [0.2, 0.25) is 5.02 Å². The van der Waals surface area contributed by atoms with Crippen LogP contribution in [0.5, 0.6) is 0 Å². The van der Waals surface area contributed by atoms with Gasteiger partial charge < -0.3 is 15.0 Å². The highest BCUT2D eigenvalue weighted by Crippen LogP contribution is 2.24. The number of amides is 1. The second-order valence-corrected chi connectivity index (χ2v) is 5.42. The lowest BCUT2D eigenvalue weighted by molar-refractivity contribution is 0.0828. The van der Waals surface area contributed by atoms with Crippen molar-refractivity contribution >= 4 is 23.2 Å². The topological polar surface area (TPSA) is 41.6 Å². The van der Waals surface area contributed by atoms with Gasteiger partial charge in [-0.05, 0) is 31.5 Å². The van der Waals surface area contributed by atoms with Crippen LogP contribution in [0, 0.1) is 0 Å². The number of hydrogen-bond donors (Lipinski definition) is 1. The van der Waals surface area contributed by atoms with Crippen molar-refractivity contribution in [1.29, 1.82) is 0 Å². The molecule has 0 bridgehead atoms. The molecule has 0 aromatic heterocycles. The van der Waals surface area contributed by atoms with E-state index >= 15 is 0 Å². The van der Waals surface area contributed by atoms with Crippen molar-refractivity contribution < 1.29 is 9.53 Å². The molecule has 2 unspecified atom stereocenters. The van der Waals surface area contributed by atoms with Crippen molar-refractivity contribution in [2.75, 3.05) is 26.0 Å². The molecule has 1 amide bonds. The number of ether oxygens (including phenoxy) is 1. The molecule has 1 fully saturated rings. The van der Waals surface area contributed by atoms with Crippen LogP contribution in [0.1, 0.15) is 23.7 Å². The highest BCUT2D eigenvalue weighted by Gasteiger charge is 2.24. The molecule has 1 aliphatic rings. The summed E-state index contributed by atoms with van der Waals surface area (Å²) in [4.78, 5) is 13.5. The molecule has 0 saturated carbocycles. The van der Waals surface area contributed by atoms with E-state index in [-0.39, 0.29) is 18.1 Å². The molecule has 1 aliphatic heterocycles. The zero-order valence-electron chi connectivity index (χ0n) is 11.4. The Morgan fingerprint density at radius 1 is 1.47 bits per heavy atom. The van der Waals surface area contributed by atoms with E-state index in [4.69, 9.17) is 16.3 Å². The van der Waals surface area contributed by atoms with Crippen molar-refractivity contribution in [3.63, 3.8) is 0 Å². The molecule has 104 valence electrons. The largest absolute Gasteiger partial charge is 0.380 e. The fourth-order valence-electron chi connectivity index (χ4n) is 2.16. The maximum Gasteiger partial charge on any atom is 0.254 e. The lowest BCUT2D eigenvalue weighted by Gasteiger charge is -2.19. The molecule has 0 spiro atoms. The Bertz CT molecular complexity index is 477. The van der Waals surface area contributed by atoms with E-state index in [1.807, 2.05) is 13.0 Å². The molecule has 1 N–H and O–H groups in total. The molecular formula is C14H19ClN2O2. The lowest BCUT2D eigenvalue weighted by Crippen LogP contribution is -2.27. The second-order valence-electron chi connectivity index (χ2n) is 5.01. The van der Waals surface area contributed by atoms with E-state index in [2.05, 4.69) is 5.32 Å². The van der Waals surface area contributed by atoms with Crippen LogP contribution in [-0.2, 0) is 4.74 Å². The molecule has 2 atom stereocenters. The van der Waals surface area contributed by atoms with Gasteiger partial charge in [-0.2, -0.15) is 0 Å². The predicted octanol–water partition coefficient (Wildman–Crippen LogP) is 2.63. The monoisotopic (exact) mass is 282 g/mol. The summed E-state index contributed by atoms with van der Waals surface area (Å²) in [5.74, 6) is -0.0932. The standard InChI is InChI=1S/C14H19ClN2O2/c1-9-13(6-7-19-9)16-10-4-5-12(15)11(8-10)14(18)17(2)3/h4-5,8-9,13,16H,6-7H2,1-3H3. The minimum absolute atomic E-state index is 0.0932. The number of nitrogens with one attached hydrogen (secondary N) is 1. The summed E-state index contributed by atoms with van der Waals surface area (Å²) in [5.41, 5.74) is 1.42. The number of hydrogen-bond acceptors (Lipinski definition) is 3. The Labute approximate surface area is 118 Å². The summed E-state index contributed by atoms with van der Waals surface area (Å²) in [5, 5.41) is 3.87. The SMILES string of the molecule is CC1OCCC1Nc1ccc(Cl)c(C(=O)N(C)C)c1. The molecule has 1 heterocycles. The Morgan fingerprint density at radius 2 is 2.21 bits per heavy atom. The Hall–Kier alpha value is -1.26. The Balaban J connectivity index is 2.18. The first-order valence-electron chi connectivity index (χ1n) is 6.38. The van der Waals surface area contributed by atoms with E-state index < -0.39 is 0 Å². The van der Waals surface area contributed by atoms with Gasteiger partial charge in [-0.1, -0.05) is 11.6 Å². The van der Waals surface area contributed by atoms with E-state index in [1.54, 1.807) is 26.2 Å². The third-order valence-corrected chi connectivity index (χ3v) is 3.66. The van der Waals surface area contributed by atoms with Crippen molar-refractivity contribution in [3.8, 4) is 0 Å². The maximum absolute atomic E-state index is 12.0. The van der Waals surface area contributed by atoms with Crippen LogP contribution in [0.3, 0.4) is 0 Å². The van der Waals surface area contributed by atoms with Crippen molar-refractivity contribution in [2.24, 2.45) is 0 Å². The first kappa shape index (κ1) is 14.2. The normalized spacial score (nSPS) is 22.3. The third kappa shape index (κ3) is 3.19. The van der Waals surface area contributed by atoms with Gasteiger partial charge in [0.05, 0.1) is 22.7 Å². The molecule has 1 aromatic carbocycles. The van der Waals surface area contributed by atoms with Crippen LogP contribution in [0.4, 0.5) is 5.69 Å². The van der Waals surface area contributed by atoms with E-state index in [9.17, 15) is 4.79 Å². The summed E-state index contributed by atoms with van der Waals surface area (Å²) in [6, 6.07) is 5.72. The summed E-state index contributed by atoms with van der Waals surface area (Å²) in [6.45, 7) is 2.82. The van der Waals surface area contributed by atoms with Crippen LogP contribution < -0.4 is 5.32 Å². The summed E-state index contributed by atoms with van der Waals surface area (Å²) in [6.07, 6.45) is 1.16. The van der Waals surface area contributed by atoms with Crippen LogP contribution in [0.25, 0.3) is 0 Å². The van der Waals surface area contributed by atoms with Gasteiger partial charge in [-0.3, -0.25) is 4.79 Å². The fraction of sp³-hybridized carbons (Fsp3) is 0.500. The van der Waals surface area contributed by atoms with Gasteiger partial charge in [0, 0.05) is 26.4 Å². The van der Waals surface area contributed by atoms with Crippen molar-refractivity contribution in [3.05, 3.63) is 28.8 Å². The minimum atomic E-state index is -0.0932. The molecule has 1 saturated heterocycles. The van der Waals surface area contributed by atoms with Gasteiger partial charge in [0.2, 0.25) is 0 Å². The van der Waals surface area contributed by atoms with Gasteiger partial charge in [-0.15, -0.1) is 0 Å². The lowest BCUT2D eigenvalue weighted by atomic mass is 10.1. The minimum Gasteiger partial charge on any atom is -0.380 e. The summed E-state index contributed by atoms with van der Waals surface area (Å²) in [7, 11) is 3.43. The Kier molecular flexibility index (Phi) is 4.32. The molecule has 0 aliphatic carbocycles. The molecule has 4 nitrogen and oxygen atoms in total. The zero-order chi connectivity index (χ0) is 14.0. The number of carbonyl (C=O) groups is 1. The van der Waals surface area contributed by atoms with Crippen LogP contribution in [-0.4, -0.2) is 43.7 Å². The summed E-state index contributed by atoms with van der Waals surface area (Å²) >= 11 is 6.08. The van der Waals surface area contributed by atoms with Gasteiger partial charge in [0.25, 0.3) is 5.91 Å². The van der Waals surface area contributed by atoms with Gasteiger partial charge in [0.15, 0.2) is 0 Å². The third-order valence-electron chi connectivity index (χ3n) is 3.33. The Morgan fingerprint density at radius 3 is 2.79 bits per heavy atom. The molecule has 5 heteroatoms. The van der Waals surface area contributed by atoms with Gasteiger partial charge in [0.1, 0.15) is 0 Å². The molecular weight excluding hydrogens is 264 g/mol. The molecule has 1 aromatic rings. The predicted molar refractivity (Wildman–Crippen MR) is 76.9 cm³/mol. The average Bonchev–Trinajstić information content (AvgIpc) is 2.76.